The van der Waals surface area contributed by atoms with Gasteiger partial charge in [-0.25, -0.2) is 4.79 Å². The number of halogens is 1. The number of benzene rings is 1. The minimum Gasteiger partial charge on any atom is -0.354 e. The molecular formula is C13H18ClN3O2. The molecule has 3 amide bonds. The third-order valence-corrected chi connectivity index (χ3v) is 2.59. The first-order chi connectivity index (χ1) is 8.99. The van der Waals surface area contributed by atoms with Crippen LogP contribution in [0.25, 0.3) is 0 Å². The normalized spacial score (nSPS) is 10.1. The predicted octanol–water partition coefficient (Wildman–Crippen LogP) is 2.23. The van der Waals surface area contributed by atoms with E-state index < -0.39 is 0 Å². The van der Waals surface area contributed by atoms with E-state index >= 15 is 0 Å². The number of anilines is 1. The summed E-state index contributed by atoms with van der Waals surface area (Å²) in [6, 6.07) is 6.49. The average molecular weight is 284 g/mol. The minimum atomic E-state index is -0.318. The predicted molar refractivity (Wildman–Crippen MR) is 76.3 cm³/mol. The summed E-state index contributed by atoms with van der Waals surface area (Å²) >= 11 is 5.74. The molecular weight excluding hydrogens is 266 g/mol. The molecule has 0 saturated carbocycles. The third-order valence-electron chi connectivity index (χ3n) is 2.34. The van der Waals surface area contributed by atoms with Crippen molar-refractivity contribution in [3.05, 3.63) is 29.3 Å². The highest BCUT2D eigenvalue weighted by Gasteiger charge is 2.05. The Kier molecular flexibility index (Phi) is 6.15. The van der Waals surface area contributed by atoms with Crippen LogP contribution in [0.15, 0.2) is 24.3 Å². The fourth-order valence-electron chi connectivity index (χ4n) is 1.27. The zero-order valence-corrected chi connectivity index (χ0v) is 11.8. The van der Waals surface area contributed by atoms with Crippen molar-refractivity contribution in [2.45, 2.75) is 13.8 Å². The van der Waals surface area contributed by atoms with E-state index in [4.69, 9.17) is 11.6 Å². The minimum absolute atomic E-state index is 0.0279. The van der Waals surface area contributed by atoms with Gasteiger partial charge in [0.2, 0.25) is 5.91 Å². The Balaban J connectivity index is 2.21. The van der Waals surface area contributed by atoms with Gasteiger partial charge in [0.05, 0.1) is 0 Å². The maximum Gasteiger partial charge on any atom is 0.319 e. The van der Waals surface area contributed by atoms with Gasteiger partial charge in [-0.3, -0.25) is 4.79 Å². The molecule has 0 bridgehead atoms. The first-order valence-corrected chi connectivity index (χ1v) is 6.45. The number of carbonyl (C=O) groups is 2. The van der Waals surface area contributed by atoms with Crippen LogP contribution in [0.1, 0.15) is 13.8 Å². The van der Waals surface area contributed by atoms with Crippen molar-refractivity contribution in [3.63, 3.8) is 0 Å². The molecule has 6 heteroatoms. The van der Waals surface area contributed by atoms with E-state index in [2.05, 4.69) is 16.0 Å². The second-order valence-electron chi connectivity index (χ2n) is 4.33. The monoisotopic (exact) mass is 283 g/mol. The molecule has 0 heterocycles. The van der Waals surface area contributed by atoms with Gasteiger partial charge >= 0.3 is 6.03 Å². The van der Waals surface area contributed by atoms with Crippen molar-refractivity contribution >= 4 is 29.2 Å². The molecule has 0 radical (unpaired) electrons. The van der Waals surface area contributed by atoms with Gasteiger partial charge in [-0.2, -0.15) is 0 Å². The van der Waals surface area contributed by atoms with Crippen LogP contribution in [0.4, 0.5) is 10.5 Å². The molecule has 0 unspecified atom stereocenters. The number of nitrogens with one attached hydrogen (secondary N) is 3. The Morgan fingerprint density at radius 2 is 1.68 bits per heavy atom. The summed E-state index contributed by atoms with van der Waals surface area (Å²) in [6.07, 6.45) is 0. The summed E-state index contributed by atoms with van der Waals surface area (Å²) in [7, 11) is 0. The molecule has 19 heavy (non-hydrogen) atoms. The van der Waals surface area contributed by atoms with Crippen LogP contribution in [0.3, 0.4) is 0 Å². The van der Waals surface area contributed by atoms with E-state index in [0.717, 1.165) is 0 Å². The first-order valence-electron chi connectivity index (χ1n) is 6.07. The summed E-state index contributed by atoms with van der Waals surface area (Å²) in [4.78, 5) is 22.8. The zero-order chi connectivity index (χ0) is 14.3. The lowest BCUT2D eigenvalue weighted by atomic mass is 10.2. The summed E-state index contributed by atoms with van der Waals surface area (Å²) in [5.74, 6) is -0.0807. The third kappa shape index (κ3) is 6.10. The Bertz CT molecular complexity index is 432. The fraction of sp³-hybridized carbons (Fsp3) is 0.385. The Labute approximate surface area is 117 Å². The Morgan fingerprint density at radius 3 is 2.26 bits per heavy atom. The number of urea groups is 1. The standard InChI is InChI=1S/C13H18ClN3O2/c1-9(2)12(18)15-7-8-16-13(19)17-11-5-3-10(14)4-6-11/h3-6,9H,7-8H2,1-2H3,(H,15,18)(H2,16,17,19). The van der Waals surface area contributed by atoms with Crippen LogP contribution in [-0.2, 0) is 4.79 Å². The molecule has 0 spiro atoms. The highest BCUT2D eigenvalue weighted by molar-refractivity contribution is 6.30. The maximum absolute atomic E-state index is 11.5. The van der Waals surface area contributed by atoms with E-state index in [0.29, 0.717) is 23.8 Å². The lowest BCUT2D eigenvalue weighted by Gasteiger charge is -2.09. The van der Waals surface area contributed by atoms with Crippen molar-refractivity contribution < 1.29 is 9.59 Å². The fourth-order valence-corrected chi connectivity index (χ4v) is 1.40. The van der Waals surface area contributed by atoms with E-state index in [1.165, 1.54) is 0 Å². The van der Waals surface area contributed by atoms with Crippen LogP contribution in [0.2, 0.25) is 5.02 Å². The smallest absolute Gasteiger partial charge is 0.319 e. The molecule has 1 aromatic carbocycles. The van der Waals surface area contributed by atoms with Crippen LogP contribution >= 0.6 is 11.6 Å². The largest absolute Gasteiger partial charge is 0.354 e. The van der Waals surface area contributed by atoms with Gasteiger partial charge in [-0.15, -0.1) is 0 Å². The van der Waals surface area contributed by atoms with E-state index in [1.54, 1.807) is 24.3 Å². The molecule has 0 fully saturated rings. The van der Waals surface area contributed by atoms with Crippen LogP contribution in [-0.4, -0.2) is 25.0 Å². The van der Waals surface area contributed by atoms with Crippen molar-refractivity contribution in [1.29, 1.82) is 0 Å². The van der Waals surface area contributed by atoms with Crippen LogP contribution < -0.4 is 16.0 Å². The molecule has 0 aliphatic heterocycles. The quantitative estimate of drug-likeness (QED) is 0.725. The number of hydrogen-bond acceptors (Lipinski definition) is 2. The summed E-state index contributed by atoms with van der Waals surface area (Å²) < 4.78 is 0. The number of amides is 3. The SMILES string of the molecule is CC(C)C(=O)NCCNC(=O)Nc1ccc(Cl)cc1. The lowest BCUT2D eigenvalue weighted by Crippen LogP contribution is -2.38. The zero-order valence-electron chi connectivity index (χ0n) is 11.0. The second-order valence-corrected chi connectivity index (χ2v) is 4.77. The molecule has 1 aromatic rings. The van der Waals surface area contributed by atoms with E-state index in [1.807, 2.05) is 13.8 Å². The van der Waals surface area contributed by atoms with Gasteiger partial charge in [0, 0.05) is 29.7 Å². The van der Waals surface area contributed by atoms with E-state index in [-0.39, 0.29) is 17.9 Å². The molecule has 0 aliphatic carbocycles. The van der Waals surface area contributed by atoms with Gasteiger partial charge in [0.15, 0.2) is 0 Å². The van der Waals surface area contributed by atoms with Crippen molar-refractivity contribution in [2.75, 3.05) is 18.4 Å². The molecule has 0 aromatic heterocycles. The number of rotatable bonds is 5. The van der Waals surface area contributed by atoms with Gasteiger partial charge in [0.1, 0.15) is 0 Å². The molecule has 104 valence electrons. The Morgan fingerprint density at radius 1 is 1.11 bits per heavy atom. The molecule has 0 aliphatic rings. The van der Waals surface area contributed by atoms with Gasteiger partial charge in [-0.05, 0) is 24.3 Å². The highest BCUT2D eigenvalue weighted by atomic mass is 35.5. The molecule has 3 N–H and O–H groups in total. The molecule has 5 nitrogen and oxygen atoms in total. The molecule has 0 atom stereocenters. The van der Waals surface area contributed by atoms with Gasteiger partial charge < -0.3 is 16.0 Å². The van der Waals surface area contributed by atoms with E-state index in [9.17, 15) is 9.59 Å². The van der Waals surface area contributed by atoms with Crippen molar-refractivity contribution in [1.82, 2.24) is 10.6 Å². The van der Waals surface area contributed by atoms with Crippen molar-refractivity contribution in [3.8, 4) is 0 Å². The molecule has 0 saturated heterocycles. The first kappa shape index (κ1) is 15.3. The van der Waals surface area contributed by atoms with Crippen LogP contribution in [0.5, 0.6) is 0 Å². The highest BCUT2D eigenvalue weighted by Crippen LogP contribution is 2.12. The molecule has 1 rings (SSSR count). The van der Waals surface area contributed by atoms with Gasteiger partial charge in [0.25, 0.3) is 0 Å². The van der Waals surface area contributed by atoms with Gasteiger partial charge in [-0.1, -0.05) is 25.4 Å². The number of carbonyl (C=O) groups excluding carboxylic acids is 2. The van der Waals surface area contributed by atoms with Crippen LogP contribution in [0, 0.1) is 5.92 Å². The van der Waals surface area contributed by atoms with Crippen molar-refractivity contribution in [2.24, 2.45) is 5.92 Å². The lowest BCUT2D eigenvalue weighted by molar-refractivity contribution is -0.123. The maximum atomic E-state index is 11.5. The summed E-state index contributed by atoms with van der Waals surface area (Å²) in [5, 5.41) is 8.62. The average Bonchev–Trinajstić information content (AvgIpc) is 2.37. The second kappa shape index (κ2) is 7.63. The Hall–Kier alpha value is -1.75. The summed E-state index contributed by atoms with van der Waals surface area (Å²) in [6.45, 7) is 4.41. The topological polar surface area (TPSA) is 70.2 Å². The number of hydrogen-bond donors (Lipinski definition) is 3. The summed E-state index contributed by atoms with van der Waals surface area (Å²) in [5.41, 5.74) is 0.660.